The monoisotopic (exact) mass is 330 g/mol. The van der Waals surface area contributed by atoms with Crippen LogP contribution in [0.2, 0.25) is 5.02 Å². The summed E-state index contributed by atoms with van der Waals surface area (Å²) < 4.78 is 0. The van der Waals surface area contributed by atoms with E-state index in [1.807, 2.05) is 24.3 Å². The van der Waals surface area contributed by atoms with Gasteiger partial charge in [-0.1, -0.05) is 29.8 Å². The van der Waals surface area contributed by atoms with Crippen molar-refractivity contribution in [1.82, 2.24) is 20.2 Å². The van der Waals surface area contributed by atoms with Crippen LogP contribution >= 0.6 is 11.6 Å². The van der Waals surface area contributed by atoms with Crippen molar-refractivity contribution < 1.29 is 4.79 Å². The van der Waals surface area contributed by atoms with Crippen LogP contribution in [0.1, 0.15) is 34.9 Å². The van der Waals surface area contributed by atoms with Gasteiger partial charge in [0.1, 0.15) is 5.69 Å². The lowest BCUT2D eigenvalue weighted by molar-refractivity contribution is 0.0932. The van der Waals surface area contributed by atoms with E-state index in [1.165, 1.54) is 25.2 Å². The average Bonchev–Trinajstić information content (AvgIpc) is 3.11. The fraction of sp³-hybridized carbons (Fsp3) is 0.353. The van der Waals surface area contributed by atoms with Crippen LogP contribution in [0, 0.1) is 0 Å². The second-order valence-corrected chi connectivity index (χ2v) is 5.99. The van der Waals surface area contributed by atoms with Crippen LogP contribution in [0.5, 0.6) is 0 Å². The van der Waals surface area contributed by atoms with Crippen molar-refractivity contribution in [1.29, 1.82) is 0 Å². The number of amides is 1. The summed E-state index contributed by atoms with van der Waals surface area (Å²) in [5.41, 5.74) is 1.38. The second kappa shape index (κ2) is 7.53. The molecule has 0 saturated carbocycles. The third kappa shape index (κ3) is 3.86. The largest absolute Gasteiger partial charge is 0.349 e. The molecule has 2 aromatic rings. The highest BCUT2D eigenvalue weighted by Crippen LogP contribution is 2.29. The minimum atomic E-state index is -0.214. The number of rotatable bonds is 5. The lowest BCUT2D eigenvalue weighted by Crippen LogP contribution is -2.37. The van der Waals surface area contributed by atoms with Gasteiger partial charge in [-0.25, -0.2) is 4.98 Å². The molecule has 1 saturated heterocycles. The van der Waals surface area contributed by atoms with Crippen molar-refractivity contribution in [2.24, 2.45) is 0 Å². The Morgan fingerprint density at radius 1 is 1.26 bits per heavy atom. The van der Waals surface area contributed by atoms with E-state index < -0.39 is 0 Å². The Morgan fingerprint density at radius 2 is 2.04 bits per heavy atom. The fourth-order valence-corrected chi connectivity index (χ4v) is 3.19. The zero-order valence-corrected chi connectivity index (χ0v) is 13.5. The number of benzene rings is 1. The first kappa shape index (κ1) is 15.9. The van der Waals surface area contributed by atoms with Crippen LogP contribution in [0.25, 0.3) is 0 Å². The maximum atomic E-state index is 12.2. The van der Waals surface area contributed by atoms with Crippen molar-refractivity contribution in [3.63, 3.8) is 0 Å². The Labute approximate surface area is 140 Å². The molecule has 0 bridgehead atoms. The third-order valence-corrected chi connectivity index (χ3v) is 4.44. The number of hydrogen-bond acceptors (Lipinski definition) is 4. The Bertz CT molecular complexity index is 659. The number of carbonyl (C=O) groups is 1. The lowest BCUT2D eigenvalue weighted by atomic mass is 10.1. The third-order valence-electron chi connectivity index (χ3n) is 4.10. The van der Waals surface area contributed by atoms with E-state index in [0.717, 1.165) is 23.7 Å². The van der Waals surface area contributed by atoms with Gasteiger partial charge in [-0.15, -0.1) is 0 Å². The normalized spacial score (nSPS) is 16.2. The zero-order valence-electron chi connectivity index (χ0n) is 12.8. The van der Waals surface area contributed by atoms with Gasteiger partial charge in [0.05, 0.1) is 12.2 Å². The Balaban J connectivity index is 1.74. The summed E-state index contributed by atoms with van der Waals surface area (Å²) in [6.07, 6.45) is 6.89. The number of carbonyl (C=O) groups excluding carboxylic acids is 1. The van der Waals surface area contributed by atoms with Crippen molar-refractivity contribution in [3.05, 3.63) is 59.1 Å². The van der Waals surface area contributed by atoms with Crippen LogP contribution in [-0.4, -0.2) is 40.4 Å². The van der Waals surface area contributed by atoms with Crippen LogP contribution in [0.4, 0.5) is 0 Å². The van der Waals surface area contributed by atoms with Gasteiger partial charge in [0.25, 0.3) is 5.91 Å². The first-order chi connectivity index (χ1) is 11.3. The molecule has 1 N–H and O–H groups in total. The molecule has 5 nitrogen and oxygen atoms in total. The molecule has 1 atom stereocenters. The van der Waals surface area contributed by atoms with E-state index in [4.69, 9.17) is 11.6 Å². The van der Waals surface area contributed by atoms with E-state index in [9.17, 15) is 4.79 Å². The van der Waals surface area contributed by atoms with Crippen molar-refractivity contribution in [3.8, 4) is 0 Å². The molecule has 0 unspecified atom stereocenters. The summed E-state index contributed by atoms with van der Waals surface area (Å²) in [4.78, 5) is 22.5. The number of nitrogens with zero attached hydrogens (tertiary/aromatic N) is 3. The smallest absolute Gasteiger partial charge is 0.271 e. The lowest BCUT2D eigenvalue weighted by Gasteiger charge is -2.28. The van der Waals surface area contributed by atoms with Gasteiger partial charge < -0.3 is 5.32 Å². The Hall–Kier alpha value is -1.98. The van der Waals surface area contributed by atoms with Gasteiger partial charge in [-0.3, -0.25) is 14.7 Å². The molecule has 1 aromatic heterocycles. The average molecular weight is 331 g/mol. The summed E-state index contributed by atoms with van der Waals surface area (Å²) in [6, 6.07) is 7.90. The van der Waals surface area contributed by atoms with Gasteiger partial charge in [0.2, 0.25) is 0 Å². The highest BCUT2D eigenvalue weighted by molar-refractivity contribution is 6.31. The number of nitrogens with one attached hydrogen (secondary N) is 1. The highest BCUT2D eigenvalue weighted by atomic mass is 35.5. The van der Waals surface area contributed by atoms with Gasteiger partial charge in [-0.2, -0.15) is 0 Å². The summed E-state index contributed by atoms with van der Waals surface area (Å²) in [5, 5.41) is 3.69. The molecule has 1 aliphatic rings. The molecule has 1 aliphatic heterocycles. The van der Waals surface area contributed by atoms with Crippen molar-refractivity contribution >= 4 is 17.5 Å². The molecule has 1 amide bonds. The molecule has 120 valence electrons. The van der Waals surface area contributed by atoms with Gasteiger partial charge >= 0.3 is 0 Å². The van der Waals surface area contributed by atoms with Gasteiger partial charge in [-0.05, 0) is 37.6 Å². The second-order valence-electron chi connectivity index (χ2n) is 5.58. The summed E-state index contributed by atoms with van der Waals surface area (Å²) in [7, 11) is 0. The first-order valence-corrected chi connectivity index (χ1v) is 8.16. The number of aromatic nitrogens is 2. The molecule has 6 heteroatoms. The molecular weight excluding hydrogens is 312 g/mol. The quantitative estimate of drug-likeness (QED) is 0.915. The standard InChI is InChI=1S/C17H19ClN4O/c18-14-6-2-1-5-13(14)16(22-9-3-4-10-22)12-21-17(23)15-11-19-7-8-20-15/h1-2,5-8,11,16H,3-4,9-10,12H2,(H,21,23)/t16-/m1/s1. The fourth-order valence-electron chi connectivity index (χ4n) is 2.93. The number of halogens is 1. The summed E-state index contributed by atoms with van der Waals surface area (Å²) in [6.45, 7) is 2.55. The van der Waals surface area contributed by atoms with Gasteiger partial charge in [0, 0.05) is 24.0 Å². The maximum absolute atomic E-state index is 12.2. The number of hydrogen-bond donors (Lipinski definition) is 1. The predicted octanol–water partition coefficient (Wildman–Crippen LogP) is 2.70. The van der Waals surface area contributed by atoms with Crippen LogP contribution in [-0.2, 0) is 0 Å². The summed E-state index contributed by atoms with van der Waals surface area (Å²) >= 11 is 6.37. The molecule has 23 heavy (non-hydrogen) atoms. The topological polar surface area (TPSA) is 58.1 Å². The number of likely N-dealkylation sites (tertiary alicyclic amines) is 1. The van der Waals surface area contributed by atoms with E-state index >= 15 is 0 Å². The highest BCUT2D eigenvalue weighted by Gasteiger charge is 2.25. The molecule has 3 rings (SSSR count). The van der Waals surface area contributed by atoms with E-state index in [-0.39, 0.29) is 11.9 Å². The minimum absolute atomic E-state index is 0.0758. The molecule has 1 fully saturated rings. The Kier molecular flexibility index (Phi) is 5.20. The zero-order chi connectivity index (χ0) is 16.1. The van der Waals surface area contributed by atoms with E-state index in [1.54, 1.807) is 6.20 Å². The summed E-state index contributed by atoms with van der Waals surface area (Å²) in [5.74, 6) is -0.214. The van der Waals surface area contributed by atoms with Crippen molar-refractivity contribution in [2.75, 3.05) is 19.6 Å². The van der Waals surface area contributed by atoms with E-state index in [2.05, 4.69) is 20.2 Å². The SMILES string of the molecule is O=C(NC[C@H](c1ccccc1Cl)N1CCCC1)c1cnccn1. The molecule has 0 aliphatic carbocycles. The maximum Gasteiger partial charge on any atom is 0.271 e. The van der Waals surface area contributed by atoms with Crippen LogP contribution in [0.3, 0.4) is 0 Å². The molecule has 0 spiro atoms. The van der Waals surface area contributed by atoms with E-state index in [0.29, 0.717) is 12.2 Å². The van der Waals surface area contributed by atoms with Gasteiger partial charge in [0.15, 0.2) is 0 Å². The minimum Gasteiger partial charge on any atom is -0.349 e. The van der Waals surface area contributed by atoms with Crippen molar-refractivity contribution in [2.45, 2.75) is 18.9 Å². The van der Waals surface area contributed by atoms with Crippen LogP contribution < -0.4 is 5.32 Å². The molecule has 1 aromatic carbocycles. The first-order valence-electron chi connectivity index (χ1n) is 7.78. The molecule has 2 heterocycles. The predicted molar refractivity (Wildman–Crippen MR) is 89.4 cm³/mol. The molecule has 0 radical (unpaired) electrons. The van der Waals surface area contributed by atoms with Crippen LogP contribution in [0.15, 0.2) is 42.9 Å². The molecular formula is C17H19ClN4O. The Morgan fingerprint density at radius 3 is 2.74 bits per heavy atom.